The molecule has 0 saturated heterocycles. The molecule has 0 unspecified atom stereocenters. The third-order valence-electron chi connectivity index (χ3n) is 2.04. The third kappa shape index (κ3) is 3.54. The van der Waals surface area contributed by atoms with Crippen LogP contribution in [-0.4, -0.2) is 6.54 Å². The summed E-state index contributed by atoms with van der Waals surface area (Å²) in [5.74, 6) is 0. The van der Waals surface area contributed by atoms with E-state index in [-0.39, 0.29) is 0 Å². The Morgan fingerprint density at radius 2 is 2.21 bits per heavy atom. The Balaban J connectivity index is 2.51. The Labute approximate surface area is 94.3 Å². The summed E-state index contributed by atoms with van der Waals surface area (Å²) in [7, 11) is 0. The van der Waals surface area contributed by atoms with E-state index >= 15 is 0 Å². The van der Waals surface area contributed by atoms with Crippen LogP contribution in [0.4, 0.5) is 5.69 Å². The number of anilines is 1. The maximum Gasteiger partial charge on any atom is 0.0343 e. The van der Waals surface area contributed by atoms with Gasteiger partial charge in [0.2, 0.25) is 0 Å². The van der Waals surface area contributed by atoms with Crippen molar-refractivity contribution in [1.82, 2.24) is 0 Å². The highest BCUT2D eigenvalue weighted by Crippen LogP contribution is 2.19. The van der Waals surface area contributed by atoms with Gasteiger partial charge in [-0.1, -0.05) is 21.5 Å². The SMILES string of the molecule is C=C(C)CCNc1ccc(Br)c(C)c1. The monoisotopic (exact) mass is 253 g/mol. The number of hydrogen-bond acceptors (Lipinski definition) is 1. The summed E-state index contributed by atoms with van der Waals surface area (Å²) in [5, 5.41) is 3.36. The second-order valence-corrected chi connectivity index (χ2v) is 4.45. The zero-order valence-electron chi connectivity index (χ0n) is 8.73. The predicted molar refractivity (Wildman–Crippen MR) is 66.8 cm³/mol. The lowest BCUT2D eigenvalue weighted by molar-refractivity contribution is 1.00. The van der Waals surface area contributed by atoms with Crippen molar-refractivity contribution in [2.24, 2.45) is 0 Å². The van der Waals surface area contributed by atoms with Gasteiger partial charge in [0.05, 0.1) is 0 Å². The van der Waals surface area contributed by atoms with Crippen LogP contribution >= 0.6 is 15.9 Å². The van der Waals surface area contributed by atoms with Gasteiger partial charge in [0.1, 0.15) is 0 Å². The van der Waals surface area contributed by atoms with E-state index in [1.807, 2.05) is 0 Å². The van der Waals surface area contributed by atoms with Crippen molar-refractivity contribution in [2.45, 2.75) is 20.3 Å². The van der Waals surface area contributed by atoms with Gasteiger partial charge in [0, 0.05) is 16.7 Å². The van der Waals surface area contributed by atoms with Crippen LogP contribution in [0.2, 0.25) is 0 Å². The number of halogens is 1. The average Bonchev–Trinajstić information content (AvgIpc) is 2.10. The van der Waals surface area contributed by atoms with E-state index in [4.69, 9.17) is 0 Å². The zero-order chi connectivity index (χ0) is 10.6. The van der Waals surface area contributed by atoms with Crippen molar-refractivity contribution in [3.63, 3.8) is 0 Å². The molecular formula is C12H16BrN. The molecule has 0 spiro atoms. The summed E-state index contributed by atoms with van der Waals surface area (Å²) in [4.78, 5) is 0. The number of rotatable bonds is 4. The highest BCUT2D eigenvalue weighted by molar-refractivity contribution is 9.10. The van der Waals surface area contributed by atoms with Crippen LogP contribution in [0, 0.1) is 6.92 Å². The van der Waals surface area contributed by atoms with Crippen LogP contribution < -0.4 is 5.32 Å². The number of aryl methyl sites for hydroxylation is 1. The molecule has 14 heavy (non-hydrogen) atoms. The van der Waals surface area contributed by atoms with E-state index in [0.717, 1.165) is 17.4 Å². The lowest BCUT2D eigenvalue weighted by atomic mass is 10.2. The van der Waals surface area contributed by atoms with Crippen LogP contribution in [0.15, 0.2) is 34.8 Å². The van der Waals surface area contributed by atoms with E-state index in [2.05, 4.69) is 59.9 Å². The lowest BCUT2D eigenvalue weighted by Crippen LogP contribution is -2.01. The molecule has 0 aliphatic rings. The predicted octanol–water partition coefficient (Wildman–Crippen LogP) is 4.14. The first-order chi connectivity index (χ1) is 6.59. The minimum Gasteiger partial charge on any atom is -0.385 e. The zero-order valence-corrected chi connectivity index (χ0v) is 10.3. The van der Waals surface area contributed by atoms with Gasteiger partial charge in [-0.25, -0.2) is 0 Å². The van der Waals surface area contributed by atoms with Crippen LogP contribution in [-0.2, 0) is 0 Å². The molecule has 1 rings (SSSR count). The van der Waals surface area contributed by atoms with Gasteiger partial charge in [0.25, 0.3) is 0 Å². The van der Waals surface area contributed by atoms with E-state index in [0.29, 0.717) is 0 Å². The normalized spacial score (nSPS) is 9.93. The van der Waals surface area contributed by atoms with Gasteiger partial charge in [0.15, 0.2) is 0 Å². The molecule has 0 aliphatic carbocycles. The first-order valence-electron chi connectivity index (χ1n) is 4.74. The highest BCUT2D eigenvalue weighted by atomic mass is 79.9. The molecule has 0 fully saturated rings. The number of benzene rings is 1. The number of hydrogen-bond donors (Lipinski definition) is 1. The Bertz CT molecular complexity index is 331. The summed E-state index contributed by atoms with van der Waals surface area (Å²) in [5.41, 5.74) is 3.64. The fraction of sp³-hybridized carbons (Fsp3) is 0.333. The molecule has 1 aromatic carbocycles. The molecule has 0 amide bonds. The summed E-state index contributed by atoms with van der Waals surface area (Å²) in [6.07, 6.45) is 1.02. The molecular weight excluding hydrogens is 238 g/mol. The molecule has 2 heteroatoms. The molecule has 0 heterocycles. The lowest BCUT2D eigenvalue weighted by Gasteiger charge is -2.07. The molecule has 1 N–H and O–H groups in total. The third-order valence-corrected chi connectivity index (χ3v) is 2.93. The Kier molecular flexibility index (Phi) is 4.21. The van der Waals surface area contributed by atoms with Gasteiger partial charge in [-0.2, -0.15) is 0 Å². The Morgan fingerprint density at radius 3 is 2.79 bits per heavy atom. The van der Waals surface area contributed by atoms with Crippen molar-refractivity contribution in [1.29, 1.82) is 0 Å². The summed E-state index contributed by atoms with van der Waals surface area (Å²) >= 11 is 3.48. The van der Waals surface area contributed by atoms with Gasteiger partial charge in [-0.05, 0) is 44.0 Å². The van der Waals surface area contributed by atoms with E-state index in [1.165, 1.54) is 16.8 Å². The summed E-state index contributed by atoms with van der Waals surface area (Å²) in [6, 6.07) is 6.29. The summed E-state index contributed by atoms with van der Waals surface area (Å²) < 4.78 is 1.16. The Hall–Kier alpha value is -0.760. The van der Waals surface area contributed by atoms with Crippen LogP contribution in [0.25, 0.3) is 0 Å². The maximum absolute atomic E-state index is 3.87. The second-order valence-electron chi connectivity index (χ2n) is 3.60. The second kappa shape index (κ2) is 5.20. The van der Waals surface area contributed by atoms with Crippen LogP contribution in [0.3, 0.4) is 0 Å². The molecule has 0 aromatic heterocycles. The van der Waals surface area contributed by atoms with Crippen molar-refractivity contribution >= 4 is 21.6 Å². The van der Waals surface area contributed by atoms with Gasteiger partial charge in [-0.3, -0.25) is 0 Å². The molecule has 0 radical (unpaired) electrons. The Morgan fingerprint density at radius 1 is 1.50 bits per heavy atom. The number of nitrogens with one attached hydrogen (secondary N) is 1. The average molecular weight is 254 g/mol. The van der Waals surface area contributed by atoms with E-state index in [1.54, 1.807) is 0 Å². The molecule has 1 aromatic rings. The van der Waals surface area contributed by atoms with Crippen molar-refractivity contribution in [2.75, 3.05) is 11.9 Å². The van der Waals surface area contributed by atoms with Gasteiger partial charge < -0.3 is 5.32 Å². The van der Waals surface area contributed by atoms with Gasteiger partial charge >= 0.3 is 0 Å². The van der Waals surface area contributed by atoms with Crippen molar-refractivity contribution in [3.8, 4) is 0 Å². The molecule has 1 nitrogen and oxygen atoms in total. The molecule has 0 aliphatic heterocycles. The minimum atomic E-state index is 0.955. The van der Waals surface area contributed by atoms with Crippen molar-refractivity contribution in [3.05, 3.63) is 40.4 Å². The molecule has 76 valence electrons. The smallest absolute Gasteiger partial charge is 0.0343 e. The standard InChI is InChI=1S/C12H16BrN/c1-9(2)6-7-14-11-4-5-12(13)10(3)8-11/h4-5,8,14H,1,6-7H2,2-3H3. The van der Waals surface area contributed by atoms with Crippen LogP contribution in [0.5, 0.6) is 0 Å². The van der Waals surface area contributed by atoms with E-state index < -0.39 is 0 Å². The largest absolute Gasteiger partial charge is 0.385 e. The minimum absolute atomic E-state index is 0.955. The molecule has 0 saturated carbocycles. The molecule has 0 bridgehead atoms. The van der Waals surface area contributed by atoms with E-state index in [9.17, 15) is 0 Å². The van der Waals surface area contributed by atoms with Gasteiger partial charge in [-0.15, -0.1) is 6.58 Å². The quantitative estimate of drug-likeness (QED) is 0.796. The molecule has 0 atom stereocenters. The fourth-order valence-electron chi connectivity index (χ4n) is 1.17. The summed E-state index contributed by atoms with van der Waals surface area (Å²) in [6.45, 7) is 8.97. The fourth-order valence-corrected chi connectivity index (χ4v) is 1.42. The topological polar surface area (TPSA) is 12.0 Å². The first-order valence-corrected chi connectivity index (χ1v) is 5.53. The maximum atomic E-state index is 3.87. The van der Waals surface area contributed by atoms with Crippen molar-refractivity contribution < 1.29 is 0 Å². The van der Waals surface area contributed by atoms with Crippen LogP contribution in [0.1, 0.15) is 18.9 Å². The highest BCUT2D eigenvalue weighted by Gasteiger charge is 1.96. The first kappa shape index (κ1) is 11.3.